The fraction of sp³-hybridized carbons (Fsp3) is 0.750. The summed E-state index contributed by atoms with van der Waals surface area (Å²) < 4.78 is 0. The van der Waals surface area contributed by atoms with Crippen LogP contribution < -0.4 is 0 Å². The van der Waals surface area contributed by atoms with Crippen LogP contribution in [-0.2, 0) is 10.8 Å². The highest BCUT2D eigenvalue weighted by Crippen LogP contribution is 2.45. The van der Waals surface area contributed by atoms with Gasteiger partial charge in [-0.1, -0.05) is 73.9 Å². The van der Waals surface area contributed by atoms with Crippen molar-refractivity contribution >= 4 is 0 Å². The van der Waals surface area contributed by atoms with Gasteiger partial charge in [-0.25, -0.2) is 0 Å². The second-order valence-corrected chi connectivity index (χ2v) is 10.5. The van der Waals surface area contributed by atoms with Gasteiger partial charge < -0.3 is 5.11 Å². The molecule has 1 aliphatic rings. The van der Waals surface area contributed by atoms with Gasteiger partial charge in [0.2, 0.25) is 0 Å². The van der Waals surface area contributed by atoms with Crippen molar-refractivity contribution in [3.8, 4) is 5.75 Å². The van der Waals surface area contributed by atoms with Crippen LogP contribution in [-0.4, -0.2) is 5.11 Å². The molecule has 0 amide bonds. The fourth-order valence-corrected chi connectivity index (χ4v) is 4.39. The Balaban J connectivity index is 2.36. The van der Waals surface area contributed by atoms with E-state index in [2.05, 4.69) is 67.5 Å². The molecule has 142 valence electrons. The third-order valence-electron chi connectivity index (χ3n) is 6.44. The first kappa shape index (κ1) is 20.3. The molecule has 0 aliphatic heterocycles. The van der Waals surface area contributed by atoms with E-state index in [0.717, 1.165) is 23.0 Å². The molecule has 0 heterocycles. The second kappa shape index (κ2) is 7.33. The van der Waals surface area contributed by atoms with Crippen LogP contribution in [0.4, 0.5) is 0 Å². The highest BCUT2D eigenvalue weighted by atomic mass is 16.3. The molecule has 0 saturated heterocycles. The van der Waals surface area contributed by atoms with Gasteiger partial charge in [-0.3, -0.25) is 0 Å². The molecule has 1 N–H and O–H groups in total. The summed E-state index contributed by atoms with van der Waals surface area (Å²) in [7, 11) is 0. The zero-order valence-electron chi connectivity index (χ0n) is 17.9. The Labute approximate surface area is 156 Å². The number of hydrogen-bond donors (Lipinski definition) is 1. The summed E-state index contributed by atoms with van der Waals surface area (Å²) in [5, 5.41) is 10.9. The van der Waals surface area contributed by atoms with Crippen molar-refractivity contribution in [2.45, 2.75) is 104 Å². The number of aromatic hydroxyl groups is 1. The average Bonchev–Trinajstić information content (AvgIpc) is 2.52. The molecule has 1 saturated carbocycles. The molecule has 0 radical (unpaired) electrons. The lowest BCUT2D eigenvalue weighted by atomic mass is 9.71. The van der Waals surface area contributed by atoms with Crippen LogP contribution in [0.25, 0.3) is 0 Å². The Morgan fingerprint density at radius 3 is 1.72 bits per heavy atom. The molecule has 2 rings (SSSR count). The predicted molar refractivity (Wildman–Crippen MR) is 110 cm³/mol. The Bertz CT molecular complexity index is 542. The van der Waals surface area contributed by atoms with Gasteiger partial charge in [0, 0.05) is 0 Å². The summed E-state index contributed by atoms with van der Waals surface area (Å²) in [6.45, 7) is 18.0. The highest BCUT2D eigenvalue weighted by molar-refractivity contribution is 5.50. The van der Waals surface area contributed by atoms with E-state index in [9.17, 15) is 5.11 Å². The second-order valence-electron chi connectivity index (χ2n) is 10.5. The van der Waals surface area contributed by atoms with E-state index in [1.165, 1.54) is 37.7 Å². The lowest BCUT2D eigenvalue weighted by Gasteiger charge is -2.34. The zero-order chi connectivity index (χ0) is 19.0. The monoisotopic (exact) mass is 344 g/mol. The molecule has 1 aromatic carbocycles. The minimum absolute atomic E-state index is 0.0337. The topological polar surface area (TPSA) is 20.2 Å². The molecule has 1 unspecified atom stereocenters. The van der Waals surface area contributed by atoms with Crippen LogP contribution in [0.1, 0.15) is 110 Å². The largest absolute Gasteiger partial charge is 0.507 e. The summed E-state index contributed by atoms with van der Waals surface area (Å²) in [6, 6.07) is 4.61. The maximum absolute atomic E-state index is 10.9. The van der Waals surface area contributed by atoms with Crippen molar-refractivity contribution in [1.82, 2.24) is 0 Å². The van der Waals surface area contributed by atoms with Crippen LogP contribution in [0.3, 0.4) is 0 Å². The number of benzene rings is 1. The van der Waals surface area contributed by atoms with Crippen molar-refractivity contribution in [2.75, 3.05) is 0 Å². The summed E-state index contributed by atoms with van der Waals surface area (Å²) in [5.74, 6) is 2.93. The van der Waals surface area contributed by atoms with E-state index in [0.29, 0.717) is 11.7 Å². The normalized spacial score (nSPS) is 23.5. The third-order valence-corrected chi connectivity index (χ3v) is 6.44. The lowest BCUT2D eigenvalue weighted by Crippen LogP contribution is -2.21. The highest BCUT2D eigenvalue weighted by Gasteiger charge is 2.30. The predicted octanol–water partition coefficient (Wildman–Crippen LogP) is 7.31. The van der Waals surface area contributed by atoms with Gasteiger partial charge in [0.15, 0.2) is 0 Å². The van der Waals surface area contributed by atoms with Crippen molar-refractivity contribution < 1.29 is 5.11 Å². The molecular formula is C24H40O. The molecule has 0 aromatic heterocycles. The lowest BCUT2D eigenvalue weighted by molar-refractivity contribution is 0.240. The first-order chi connectivity index (χ1) is 11.4. The van der Waals surface area contributed by atoms with Crippen LogP contribution in [0.2, 0.25) is 0 Å². The number of phenols is 1. The molecule has 25 heavy (non-hydrogen) atoms. The van der Waals surface area contributed by atoms with Gasteiger partial charge in [0.1, 0.15) is 5.75 Å². The molecular weight excluding hydrogens is 304 g/mol. The summed E-state index contributed by atoms with van der Waals surface area (Å²) >= 11 is 0. The van der Waals surface area contributed by atoms with Crippen LogP contribution in [0, 0.1) is 11.8 Å². The standard InChI is InChI=1S/C24H40O/c1-9-16(2)17-10-12-18(13-11-17)19-14-20(23(3,4)5)22(25)21(15-19)24(6,7)8/h14-18,25H,9-13H2,1-8H3. The van der Waals surface area contributed by atoms with Crippen molar-refractivity contribution in [1.29, 1.82) is 0 Å². The van der Waals surface area contributed by atoms with E-state index < -0.39 is 0 Å². The van der Waals surface area contributed by atoms with E-state index in [4.69, 9.17) is 0 Å². The maximum Gasteiger partial charge on any atom is 0.123 e. The number of phenolic OH excluding ortho intramolecular Hbond substituents is 1. The summed E-state index contributed by atoms with van der Waals surface area (Å²) in [6.07, 6.45) is 6.61. The molecule has 1 nitrogen and oxygen atoms in total. The van der Waals surface area contributed by atoms with E-state index in [1.807, 2.05) is 0 Å². The van der Waals surface area contributed by atoms with Crippen LogP contribution >= 0.6 is 0 Å². The molecule has 1 aliphatic carbocycles. The minimum Gasteiger partial charge on any atom is -0.507 e. The average molecular weight is 345 g/mol. The Hall–Kier alpha value is -0.980. The van der Waals surface area contributed by atoms with E-state index in [1.54, 1.807) is 0 Å². The van der Waals surface area contributed by atoms with Gasteiger partial charge in [-0.05, 0) is 71.0 Å². The smallest absolute Gasteiger partial charge is 0.123 e. The molecule has 0 bridgehead atoms. The van der Waals surface area contributed by atoms with Crippen LogP contribution in [0.15, 0.2) is 12.1 Å². The first-order valence-corrected chi connectivity index (χ1v) is 10.3. The zero-order valence-corrected chi connectivity index (χ0v) is 17.9. The summed E-state index contributed by atoms with van der Waals surface area (Å²) in [4.78, 5) is 0. The minimum atomic E-state index is -0.0337. The Morgan fingerprint density at radius 1 is 0.920 bits per heavy atom. The quantitative estimate of drug-likeness (QED) is 0.609. The Kier molecular flexibility index (Phi) is 5.96. The molecule has 1 heteroatoms. The molecule has 0 spiro atoms. The SMILES string of the molecule is CCC(C)C1CCC(c2cc(C(C)(C)C)c(O)c(C(C)(C)C)c2)CC1. The van der Waals surface area contributed by atoms with Gasteiger partial charge >= 0.3 is 0 Å². The fourth-order valence-electron chi connectivity index (χ4n) is 4.39. The third kappa shape index (κ3) is 4.60. The number of rotatable bonds is 3. The first-order valence-electron chi connectivity index (χ1n) is 10.3. The molecule has 1 fully saturated rings. The van der Waals surface area contributed by atoms with Crippen molar-refractivity contribution in [3.63, 3.8) is 0 Å². The van der Waals surface area contributed by atoms with Gasteiger partial charge in [0.25, 0.3) is 0 Å². The summed E-state index contributed by atoms with van der Waals surface area (Å²) in [5.41, 5.74) is 3.61. The van der Waals surface area contributed by atoms with Crippen molar-refractivity contribution in [3.05, 3.63) is 28.8 Å². The van der Waals surface area contributed by atoms with Crippen molar-refractivity contribution in [2.24, 2.45) is 11.8 Å². The van der Waals surface area contributed by atoms with Gasteiger partial charge in [0.05, 0.1) is 0 Å². The van der Waals surface area contributed by atoms with Gasteiger partial charge in [-0.15, -0.1) is 0 Å². The molecule has 1 aromatic rings. The van der Waals surface area contributed by atoms with Crippen LogP contribution in [0.5, 0.6) is 5.75 Å². The number of hydrogen-bond acceptors (Lipinski definition) is 1. The van der Waals surface area contributed by atoms with E-state index >= 15 is 0 Å². The Morgan fingerprint density at radius 2 is 1.36 bits per heavy atom. The molecule has 1 atom stereocenters. The van der Waals surface area contributed by atoms with Gasteiger partial charge in [-0.2, -0.15) is 0 Å². The van der Waals surface area contributed by atoms with E-state index in [-0.39, 0.29) is 10.8 Å². The maximum atomic E-state index is 10.9.